The fourth-order valence-electron chi connectivity index (χ4n) is 14.9. The number of rotatable bonds is 29. The first kappa shape index (κ1) is 101. The van der Waals surface area contributed by atoms with E-state index < -0.39 is 73.7 Å². The maximum absolute atomic E-state index is 15.0. The van der Waals surface area contributed by atoms with Crippen molar-refractivity contribution in [1.82, 2.24) is 20.0 Å². The molecule has 4 heterocycles. The van der Waals surface area contributed by atoms with Crippen LogP contribution in [0.2, 0.25) is 0 Å². The molecule has 23 nitrogen and oxygen atoms in total. The third-order valence-electron chi connectivity index (χ3n) is 21.4. The van der Waals surface area contributed by atoms with Gasteiger partial charge in [0.2, 0.25) is 11.7 Å². The van der Waals surface area contributed by atoms with Crippen molar-refractivity contribution in [1.29, 1.82) is 0 Å². The lowest BCUT2D eigenvalue weighted by molar-refractivity contribution is -0.137. The molecule has 11 aromatic rings. The third-order valence-corrected chi connectivity index (χ3v) is 26.3. The molecule has 35 heteroatoms. The number of Topliss-reactive ketones (excluding diaryl/α,β-unsaturated/α-hetero) is 2. The van der Waals surface area contributed by atoms with E-state index in [1.54, 1.807) is 84.9 Å². The molecule has 1 aliphatic carbocycles. The zero-order valence-corrected chi connectivity index (χ0v) is 79.2. The summed E-state index contributed by atoms with van der Waals surface area (Å²) in [4.78, 5) is 77.0. The minimum atomic E-state index is -1.58. The van der Waals surface area contributed by atoms with E-state index in [0.717, 1.165) is 96.6 Å². The number of ketones is 2. The Hall–Kier alpha value is -13.6. The second-order valence-electron chi connectivity index (χ2n) is 31.1. The van der Waals surface area contributed by atoms with Crippen molar-refractivity contribution >= 4 is 102 Å². The van der Waals surface area contributed by atoms with Crippen molar-refractivity contribution in [2.75, 3.05) is 62.0 Å². The summed E-state index contributed by atoms with van der Waals surface area (Å²) in [6, 6.07) is 58.0. The number of carbonyl (C=O) groups excluding carboxylic acids is 6. The Bertz CT molecular complexity index is 6360. The number of thioether (sulfide) groups is 4. The van der Waals surface area contributed by atoms with Gasteiger partial charge in [0.25, 0.3) is 17.7 Å². The number of methoxy groups -OCH3 is 5. The number of halogens is 8. The van der Waals surface area contributed by atoms with Crippen molar-refractivity contribution in [2.45, 2.75) is 101 Å². The highest BCUT2D eigenvalue weighted by Crippen LogP contribution is 2.54. The summed E-state index contributed by atoms with van der Waals surface area (Å²) in [6.45, 7) is 9.50. The van der Waals surface area contributed by atoms with Crippen LogP contribution in [-0.4, -0.2) is 137 Å². The molecular formula is C102H94F8N8O15S4. The molecule has 16 rings (SSSR count). The monoisotopic (exact) mass is 1950 g/mol. The number of aryl methyl sites for hydroxylation is 1. The summed E-state index contributed by atoms with van der Waals surface area (Å²) in [5, 5.41) is 23.0. The van der Waals surface area contributed by atoms with Gasteiger partial charge in [-0.1, -0.05) is 153 Å². The van der Waals surface area contributed by atoms with Crippen LogP contribution in [0.1, 0.15) is 175 Å². The molecule has 5 aliphatic rings. The van der Waals surface area contributed by atoms with Crippen LogP contribution in [0.15, 0.2) is 245 Å². The fraction of sp³-hybridized carbons (Fsp3) is 0.255. The number of hydrogen-bond acceptors (Lipinski definition) is 23. The number of hydrogen-bond donors (Lipinski definition) is 0. The van der Waals surface area contributed by atoms with Crippen LogP contribution < -0.4 is 42.6 Å². The Balaban J connectivity index is 0.000000155. The van der Waals surface area contributed by atoms with E-state index in [0.29, 0.717) is 96.7 Å². The standard InChI is InChI=1S/C26H20F4N2O5S.C26H25FN2O3S.C25H22F2N2O3S.C25H27FN2O4S/c1-13(33)12-37-19-6-4-5-16(22(19)35-2)26-32(31-24(38-26)14-7-9-15(27)10-8-14)25(34)17-11-18(28)21(30)23(36-3)20(17)29;1-4-16-32-22-11-7-10-21(23(22)31-3)26-29(25(30)20-9-6-5-8-17(20)2)28-24(33-26)18-12-14-19(27)15-13-18;1-3-14-32-21-9-5-8-20(22(21)31-2)25-29(24(30)17-6-4-7-19(27)15-17)28-23(33-25)16-10-12-18(26)13-11-16;1-16(29)15-32-21-10-6-9-20(22(21)31-2)25-28(24(30)18-7-4-3-5-8-18)27-23(33-25)17-11-13-19(26)14-12-17/h4-11,26H,12H2,1-3H3;5-15,26H,4,16H2,1-3H3;4-13,15,25H,3,14H2,1-2H3;6,9-14,18,25H,3-5,7-8,15H2,1-2H3. The van der Waals surface area contributed by atoms with E-state index in [-0.39, 0.29) is 82.1 Å². The first-order valence-corrected chi connectivity index (χ1v) is 46.8. The summed E-state index contributed by atoms with van der Waals surface area (Å²) in [6.07, 6.45) is 6.62. The second-order valence-corrected chi connectivity index (χ2v) is 35.4. The van der Waals surface area contributed by atoms with Crippen LogP contribution in [-0.2, 0) is 14.4 Å². The largest absolute Gasteiger partial charge is 0.492 e. The minimum absolute atomic E-state index is 0.0126. The number of hydrazone groups is 4. The molecular weight excluding hydrogens is 1860 g/mol. The topological polar surface area (TPSA) is 248 Å². The molecule has 712 valence electrons. The highest BCUT2D eigenvalue weighted by atomic mass is 32.2. The third kappa shape index (κ3) is 24.1. The molecule has 0 saturated heterocycles. The Morgan fingerprint density at radius 3 is 1.04 bits per heavy atom. The van der Waals surface area contributed by atoms with E-state index >= 15 is 4.39 Å². The fourth-order valence-corrected chi connectivity index (χ4v) is 19.6. The molecule has 4 unspecified atom stereocenters. The second kappa shape index (κ2) is 47.2. The number of carbonyl (C=O) groups is 6. The van der Waals surface area contributed by atoms with Crippen molar-refractivity contribution in [3.63, 3.8) is 0 Å². The molecule has 11 aromatic carbocycles. The number of benzene rings is 11. The molecule has 0 spiro atoms. The van der Waals surface area contributed by atoms with E-state index in [1.807, 2.05) is 81.4 Å². The molecule has 0 bridgehead atoms. The molecule has 0 N–H and O–H groups in total. The van der Waals surface area contributed by atoms with Crippen LogP contribution >= 0.6 is 47.0 Å². The molecule has 0 aromatic heterocycles. The highest BCUT2D eigenvalue weighted by Gasteiger charge is 2.44. The summed E-state index contributed by atoms with van der Waals surface area (Å²) >= 11 is 5.21. The zero-order chi connectivity index (χ0) is 97.7. The van der Waals surface area contributed by atoms with E-state index in [2.05, 4.69) is 20.0 Å². The Labute approximate surface area is 802 Å². The van der Waals surface area contributed by atoms with Gasteiger partial charge in [0.1, 0.15) is 84.0 Å². The predicted molar refractivity (Wildman–Crippen MR) is 511 cm³/mol. The number of ether oxygens (including phenoxy) is 9. The number of para-hydroxylation sites is 4. The van der Waals surface area contributed by atoms with Gasteiger partial charge in [-0.05, 0) is 204 Å². The van der Waals surface area contributed by atoms with Crippen molar-refractivity contribution in [3.05, 3.63) is 338 Å². The summed E-state index contributed by atoms with van der Waals surface area (Å²) in [7, 11) is 6.96. The van der Waals surface area contributed by atoms with Gasteiger partial charge in [0, 0.05) is 61.6 Å². The van der Waals surface area contributed by atoms with E-state index in [1.165, 1.54) is 165 Å². The Morgan fingerprint density at radius 2 is 0.686 bits per heavy atom. The van der Waals surface area contributed by atoms with Crippen LogP contribution in [0.4, 0.5) is 35.1 Å². The maximum Gasteiger partial charge on any atom is 0.278 e. The van der Waals surface area contributed by atoms with Crippen molar-refractivity contribution in [2.24, 2.45) is 26.3 Å². The normalized spacial score (nSPS) is 16.0. The van der Waals surface area contributed by atoms with Gasteiger partial charge in [-0.2, -0.15) is 24.8 Å². The van der Waals surface area contributed by atoms with Gasteiger partial charge in [-0.3, -0.25) is 28.8 Å². The van der Waals surface area contributed by atoms with Gasteiger partial charge >= 0.3 is 0 Å². The van der Waals surface area contributed by atoms with E-state index in [9.17, 15) is 59.5 Å². The predicted octanol–water partition coefficient (Wildman–Crippen LogP) is 23.0. The molecule has 4 atom stereocenters. The van der Waals surface area contributed by atoms with Gasteiger partial charge in [-0.15, -0.1) is 0 Å². The lowest BCUT2D eigenvalue weighted by Gasteiger charge is -2.28. The minimum Gasteiger partial charge on any atom is -0.492 e. The molecule has 4 aliphatic heterocycles. The van der Waals surface area contributed by atoms with Crippen LogP contribution in [0.3, 0.4) is 0 Å². The van der Waals surface area contributed by atoms with E-state index in [4.69, 9.17) is 43.0 Å². The summed E-state index contributed by atoms with van der Waals surface area (Å²) in [5.74, 6) is -6.26. The highest BCUT2D eigenvalue weighted by molar-refractivity contribution is 8.15. The summed E-state index contributed by atoms with van der Waals surface area (Å²) in [5.41, 5.74) is 5.92. The van der Waals surface area contributed by atoms with Crippen LogP contribution in [0.5, 0.6) is 51.7 Å². The van der Waals surface area contributed by atoms with Crippen molar-refractivity contribution in [3.8, 4) is 51.7 Å². The lowest BCUT2D eigenvalue weighted by atomic mass is 9.88. The van der Waals surface area contributed by atoms with Gasteiger partial charge in [0.15, 0.2) is 74.9 Å². The first-order chi connectivity index (χ1) is 66.2. The van der Waals surface area contributed by atoms with Crippen LogP contribution in [0.25, 0.3) is 0 Å². The number of nitrogens with zero attached hydrogens (tertiary/aromatic N) is 8. The van der Waals surface area contributed by atoms with Crippen molar-refractivity contribution < 1.29 is 107 Å². The molecule has 0 radical (unpaired) electrons. The van der Waals surface area contributed by atoms with Gasteiger partial charge in [-0.25, -0.2) is 50.8 Å². The molecule has 4 amide bonds. The quantitative estimate of drug-likeness (QED) is 0.0312. The van der Waals surface area contributed by atoms with Crippen LogP contribution in [0, 0.1) is 59.4 Å². The molecule has 137 heavy (non-hydrogen) atoms. The number of amides is 4. The molecule has 1 saturated carbocycles. The van der Waals surface area contributed by atoms with Gasteiger partial charge < -0.3 is 42.6 Å². The smallest absolute Gasteiger partial charge is 0.278 e. The lowest BCUT2D eigenvalue weighted by Crippen LogP contribution is -2.33. The average molecular weight is 1950 g/mol. The Morgan fingerprint density at radius 1 is 0.350 bits per heavy atom. The summed E-state index contributed by atoms with van der Waals surface area (Å²) < 4.78 is 161. The Kier molecular flexibility index (Phi) is 34.7. The first-order valence-electron chi connectivity index (χ1n) is 43.3. The zero-order valence-electron chi connectivity index (χ0n) is 75.9. The molecule has 1 fully saturated rings. The average Bonchev–Trinajstić information content (AvgIpc) is 1.65. The van der Waals surface area contributed by atoms with Gasteiger partial charge in [0.05, 0.1) is 54.3 Å². The maximum atomic E-state index is 15.0. The SMILES string of the molecule is CCCOc1cccc(C2SC(c3ccc(F)cc3)=NN2C(=O)c2cccc(F)c2)c1OC.CCCOc1cccc(C2SC(c3ccc(F)cc3)=NN2C(=O)c2ccccc2C)c1OC.COc1c(OCC(C)=O)cccc1C1SC(c2ccc(F)cc2)=NN1C(=O)C1CCCCC1.COc1c(OCC(C)=O)cccc1C1SC(c2ccc(F)cc2)=NN1C(=O)c1cc(F)c(F)c(OC)c1F.